The lowest BCUT2D eigenvalue weighted by Crippen LogP contribution is -2.57. The van der Waals surface area contributed by atoms with Crippen LogP contribution in [0.3, 0.4) is 0 Å². The molecule has 1 amide bonds. The van der Waals surface area contributed by atoms with Gasteiger partial charge in [-0.25, -0.2) is 0 Å². The molecule has 0 saturated carbocycles. The lowest BCUT2D eigenvalue weighted by molar-refractivity contribution is -0.0482. The number of rotatable bonds is 4. The quantitative estimate of drug-likeness (QED) is 0.817. The zero-order valence-corrected chi connectivity index (χ0v) is 16.5. The van der Waals surface area contributed by atoms with E-state index in [0.717, 1.165) is 63.5 Å². The lowest BCUT2D eigenvalue weighted by Gasteiger charge is -2.50. The van der Waals surface area contributed by atoms with Gasteiger partial charge in [-0.3, -0.25) is 9.69 Å². The van der Waals surface area contributed by atoms with Crippen molar-refractivity contribution >= 4 is 5.91 Å². The van der Waals surface area contributed by atoms with Crippen LogP contribution in [0.15, 0.2) is 54.6 Å². The number of nitrogens with zero attached hydrogens (tertiary/aromatic N) is 2. The largest absolute Gasteiger partial charge is 0.497 e. The summed E-state index contributed by atoms with van der Waals surface area (Å²) in [7, 11) is 1.64. The smallest absolute Gasteiger partial charge is 0.253 e. The molecular weight excluding hydrogens is 352 g/mol. The first-order chi connectivity index (χ1) is 13.7. The predicted octanol–water partition coefficient (Wildman–Crippen LogP) is 3.16. The highest BCUT2D eigenvalue weighted by Gasteiger charge is 2.42. The highest BCUT2D eigenvalue weighted by atomic mass is 16.5. The summed E-state index contributed by atoms with van der Waals surface area (Å²) in [5.74, 6) is 0.872. The van der Waals surface area contributed by atoms with Crippen molar-refractivity contribution < 1.29 is 14.3 Å². The first-order valence-electron chi connectivity index (χ1n) is 10.0. The van der Waals surface area contributed by atoms with Crippen LogP contribution in [0.1, 0.15) is 28.8 Å². The molecule has 0 spiro atoms. The zero-order valence-electron chi connectivity index (χ0n) is 16.5. The molecule has 0 aromatic heterocycles. The lowest BCUT2D eigenvalue weighted by atomic mass is 9.79. The molecule has 0 bridgehead atoms. The van der Waals surface area contributed by atoms with Crippen LogP contribution in [0.25, 0.3) is 0 Å². The van der Waals surface area contributed by atoms with Crippen molar-refractivity contribution in [2.45, 2.75) is 18.4 Å². The number of carbonyl (C=O) groups excluding carboxylic acids is 1. The van der Waals surface area contributed by atoms with E-state index < -0.39 is 0 Å². The van der Waals surface area contributed by atoms with Crippen molar-refractivity contribution in [2.75, 3.05) is 46.5 Å². The third kappa shape index (κ3) is 3.64. The van der Waals surface area contributed by atoms with E-state index >= 15 is 0 Å². The molecular formula is C23H28N2O3. The Hall–Kier alpha value is -2.37. The standard InChI is InChI=1S/C23H28N2O3/c1-27-21-9-7-19(8-10-21)22(26)24-13-11-23(12-14-24,20-5-3-2-4-6-20)25-15-17-28-18-16-25/h2-10H,11-18H2,1H3. The second-order valence-electron chi connectivity index (χ2n) is 7.52. The maximum atomic E-state index is 13.0. The fraction of sp³-hybridized carbons (Fsp3) is 0.435. The van der Waals surface area contributed by atoms with Gasteiger partial charge in [0.2, 0.25) is 0 Å². The first kappa shape index (κ1) is 19.0. The second kappa shape index (κ2) is 8.33. The number of methoxy groups -OCH3 is 1. The molecule has 0 aliphatic carbocycles. The third-order valence-corrected chi connectivity index (χ3v) is 6.14. The first-order valence-corrected chi connectivity index (χ1v) is 10.0. The van der Waals surface area contributed by atoms with Crippen LogP contribution < -0.4 is 4.74 Å². The minimum absolute atomic E-state index is 0.0122. The highest BCUT2D eigenvalue weighted by Crippen LogP contribution is 2.39. The minimum atomic E-state index is -0.0122. The van der Waals surface area contributed by atoms with Gasteiger partial charge >= 0.3 is 0 Å². The topological polar surface area (TPSA) is 42.0 Å². The maximum Gasteiger partial charge on any atom is 0.253 e. The number of carbonyl (C=O) groups is 1. The summed E-state index contributed by atoms with van der Waals surface area (Å²) in [5, 5.41) is 0. The Balaban J connectivity index is 1.52. The fourth-order valence-corrected chi connectivity index (χ4v) is 4.52. The van der Waals surface area contributed by atoms with Gasteiger partial charge in [0, 0.05) is 37.3 Å². The molecule has 0 unspecified atom stereocenters. The molecule has 2 aromatic carbocycles. The van der Waals surface area contributed by atoms with E-state index in [-0.39, 0.29) is 11.4 Å². The third-order valence-electron chi connectivity index (χ3n) is 6.14. The molecule has 4 rings (SSSR count). The molecule has 5 nitrogen and oxygen atoms in total. The molecule has 0 N–H and O–H groups in total. The van der Waals surface area contributed by atoms with Gasteiger partial charge in [0.1, 0.15) is 5.75 Å². The van der Waals surface area contributed by atoms with Gasteiger partial charge in [0.05, 0.1) is 20.3 Å². The summed E-state index contributed by atoms with van der Waals surface area (Å²) in [5.41, 5.74) is 2.06. The predicted molar refractivity (Wildman–Crippen MR) is 109 cm³/mol. The van der Waals surface area contributed by atoms with Gasteiger partial charge in [-0.1, -0.05) is 30.3 Å². The van der Waals surface area contributed by atoms with Gasteiger partial charge in [-0.05, 0) is 42.7 Å². The van der Waals surface area contributed by atoms with Crippen LogP contribution in [-0.2, 0) is 10.3 Å². The van der Waals surface area contributed by atoms with Crippen molar-refractivity contribution in [3.05, 3.63) is 65.7 Å². The van der Waals surface area contributed by atoms with E-state index in [2.05, 4.69) is 35.2 Å². The Bertz CT molecular complexity index is 777. The maximum absolute atomic E-state index is 13.0. The number of likely N-dealkylation sites (tertiary alicyclic amines) is 1. The Labute approximate surface area is 166 Å². The summed E-state index contributed by atoms with van der Waals surface area (Å²) in [6.45, 7) is 4.98. The Kier molecular flexibility index (Phi) is 5.64. The molecule has 2 fully saturated rings. The normalized spacial score (nSPS) is 20.0. The van der Waals surface area contributed by atoms with E-state index in [1.165, 1.54) is 5.56 Å². The number of hydrogen-bond acceptors (Lipinski definition) is 4. The summed E-state index contributed by atoms with van der Waals surface area (Å²) in [6.07, 6.45) is 1.89. The molecule has 2 aromatic rings. The molecule has 0 radical (unpaired) electrons. The molecule has 28 heavy (non-hydrogen) atoms. The monoisotopic (exact) mass is 380 g/mol. The van der Waals surface area contributed by atoms with Gasteiger partial charge in [-0.15, -0.1) is 0 Å². The molecule has 148 valence electrons. The number of hydrogen-bond donors (Lipinski definition) is 0. The van der Waals surface area contributed by atoms with Gasteiger partial charge < -0.3 is 14.4 Å². The van der Waals surface area contributed by atoms with Crippen molar-refractivity contribution in [1.82, 2.24) is 9.80 Å². The minimum Gasteiger partial charge on any atom is -0.497 e. The van der Waals surface area contributed by atoms with E-state index in [9.17, 15) is 4.79 Å². The number of morpholine rings is 1. The van der Waals surface area contributed by atoms with Crippen LogP contribution in [0, 0.1) is 0 Å². The van der Waals surface area contributed by atoms with E-state index in [4.69, 9.17) is 9.47 Å². The SMILES string of the molecule is COc1ccc(C(=O)N2CCC(c3ccccc3)(N3CCOCC3)CC2)cc1. The fourth-order valence-electron chi connectivity index (χ4n) is 4.52. The van der Waals surface area contributed by atoms with Crippen LogP contribution >= 0.6 is 0 Å². The number of benzene rings is 2. The van der Waals surface area contributed by atoms with Crippen molar-refractivity contribution in [3.63, 3.8) is 0 Å². The average molecular weight is 380 g/mol. The second-order valence-corrected chi connectivity index (χ2v) is 7.52. The molecule has 2 saturated heterocycles. The van der Waals surface area contributed by atoms with Crippen molar-refractivity contribution in [3.8, 4) is 5.75 Å². The summed E-state index contributed by atoms with van der Waals surface area (Å²) in [6, 6.07) is 18.2. The van der Waals surface area contributed by atoms with Crippen LogP contribution in [-0.4, -0.2) is 62.2 Å². The van der Waals surface area contributed by atoms with Crippen LogP contribution in [0.4, 0.5) is 0 Å². The Morgan fingerprint density at radius 2 is 1.57 bits per heavy atom. The van der Waals surface area contributed by atoms with Crippen molar-refractivity contribution in [1.29, 1.82) is 0 Å². The van der Waals surface area contributed by atoms with E-state index in [1.54, 1.807) is 7.11 Å². The summed E-state index contributed by atoms with van der Waals surface area (Å²) in [4.78, 5) is 17.5. The van der Waals surface area contributed by atoms with Gasteiger partial charge in [-0.2, -0.15) is 0 Å². The zero-order chi connectivity index (χ0) is 19.4. The Morgan fingerprint density at radius 1 is 0.929 bits per heavy atom. The molecule has 2 aliphatic heterocycles. The van der Waals surface area contributed by atoms with Crippen LogP contribution in [0.5, 0.6) is 5.75 Å². The number of amides is 1. The van der Waals surface area contributed by atoms with Crippen LogP contribution in [0.2, 0.25) is 0 Å². The molecule has 5 heteroatoms. The molecule has 2 heterocycles. The van der Waals surface area contributed by atoms with Crippen molar-refractivity contribution in [2.24, 2.45) is 0 Å². The average Bonchev–Trinajstić information content (AvgIpc) is 2.80. The van der Waals surface area contributed by atoms with E-state index in [0.29, 0.717) is 0 Å². The molecule has 0 atom stereocenters. The van der Waals surface area contributed by atoms with Gasteiger partial charge in [0.15, 0.2) is 0 Å². The summed E-state index contributed by atoms with van der Waals surface area (Å²) >= 11 is 0. The van der Waals surface area contributed by atoms with E-state index in [1.807, 2.05) is 29.2 Å². The number of ether oxygens (including phenoxy) is 2. The number of piperidine rings is 1. The highest BCUT2D eigenvalue weighted by molar-refractivity contribution is 5.94. The molecule has 2 aliphatic rings. The van der Waals surface area contributed by atoms with Gasteiger partial charge in [0.25, 0.3) is 5.91 Å². The summed E-state index contributed by atoms with van der Waals surface area (Å²) < 4.78 is 10.8. The Morgan fingerprint density at radius 3 is 2.18 bits per heavy atom.